The van der Waals surface area contributed by atoms with Crippen LogP contribution in [0.25, 0.3) is 10.8 Å². The lowest BCUT2D eigenvalue weighted by atomic mass is 10.0. The topological polar surface area (TPSA) is 44.3 Å². The molecule has 5 rings (SSSR count). The quantitative estimate of drug-likeness (QED) is 0.632. The van der Waals surface area contributed by atoms with E-state index in [0.29, 0.717) is 23.5 Å². The molecule has 32 heavy (non-hydrogen) atoms. The molecule has 0 aliphatic carbocycles. The van der Waals surface area contributed by atoms with E-state index in [0.717, 1.165) is 41.3 Å². The maximum Gasteiger partial charge on any atom is 0.416 e. The molecule has 0 radical (unpaired) electrons. The van der Waals surface area contributed by atoms with Crippen molar-refractivity contribution in [2.24, 2.45) is 0 Å². The van der Waals surface area contributed by atoms with E-state index in [4.69, 9.17) is 0 Å². The fourth-order valence-electron chi connectivity index (χ4n) is 5.13. The summed E-state index contributed by atoms with van der Waals surface area (Å²) in [7, 11) is 2.18. The summed E-state index contributed by atoms with van der Waals surface area (Å²) in [4.78, 5) is 4.88. The van der Waals surface area contributed by atoms with Gasteiger partial charge in [-0.3, -0.25) is 4.90 Å². The molecule has 0 saturated carbocycles. The summed E-state index contributed by atoms with van der Waals surface area (Å²) in [6, 6.07) is 11.7. The number of rotatable bonds is 4. The maximum atomic E-state index is 13.3. The first kappa shape index (κ1) is 21.0. The summed E-state index contributed by atoms with van der Waals surface area (Å²) in [5, 5.41) is 13.8. The molecular weight excluding hydrogens is 415 g/mol. The Morgan fingerprint density at radius 3 is 2.53 bits per heavy atom. The number of aryl methyl sites for hydroxylation is 1. The molecule has 1 aromatic heterocycles. The van der Waals surface area contributed by atoms with Crippen LogP contribution in [0.2, 0.25) is 0 Å². The minimum Gasteiger partial charge on any atom is -0.366 e. The van der Waals surface area contributed by atoms with Crippen LogP contribution in [-0.4, -0.2) is 47.3 Å². The van der Waals surface area contributed by atoms with Gasteiger partial charge in [-0.2, -0.15) is 18.3 Å². The van der Waals surface area contributed by atoms with Crippen molar-refractivity contribution in [3.8, 4) is 0 Å². The minimum atomic E-state index is -4.37. The van der Waals surface area contributed by atoms with Crippen molar-refractivity contribution in [2.45, 2.75) is 45.1 Å². The van der Waals surface area contributed by atoms with E-state index in [1.54, 1.807) is 6.07 Å². The summed E-state index contributed by atoms with van der Waals surface area (Å²) in [6.45, 7) is 5.75. The van der Waals surface area contributed by atoms with Gasteiger partial charge < -0.3 is 10.2 Å². The first-order valence-corrected chi connectivity index (χ1v) is 10.9. The number of aromatic nitrogens is 2. The summed E-state index contributed by atoms with van der Waals surface area (Å²) < 4.78 is 39.8. The highest BCUT2D eigenvalue weighted by atomic mass is 19.4. The molecule has 8 heteroatoms. The average molecular weight is 442 g/mol. The number of anilines is 2. The van der Waals surface area contributed by atoms with E-state index < -0.39 is 11.7 Å². The lowest BCUT2D eigenvalue weighted by Crippen LogP contribution is -2.44. The van der Waals surface area contributed by atoms with Gasteiger partial charge in [-0.15, -0.1) is 5.10 Å². The number of nitrogens with one attached hydrogen (secondary N) is 1. The van der Waals surface area contributed by atoms with Gasteiger partial charge in [0.25, 0.3) is 0 Å². The fraction of sp³-hybridized carbons (Fsp3) is 0.417. The van der Waals surface area contributed by atoms with Crippen LogP contribution in [0, 0.1) is 13.8 Å². The SMILES string of the molecule is Cc1c(CNc2nnc(C)c3ccc(N4C[C@@H]5CC4CN5C)cc23)cccc1C(F)(F)F. The number of halogens is 3. The van der Waals surface area contributed by atoms with Crippen LogP contribution < -0.4 is 10.2 Å². The van der Waals surface area contributed by atoms with E-state index in [2.05, 4.69) is 50.6 Å². The second-order valence-corrected chi connectivity index (χ2v) is 8.94. The number of nitrogens with zero attached hydrogens (tertiary/aromatic N) is 4. The molecule has 2 aliphatic rings. The molecule has 5 nitrogen and oxygen atoms in total. The standard InChI is InChI=1S/C24H26F3N5/c1-14-16(5-4-6-22(14)24(25,26)27)11-28-23-21-10-17(7-8-20(21)15(2)29-30-23)32-13-18-9-19(32)12-31(18)3/h4-8,10,18-19H,9,11-13H2,1-3H3,(H,28,30)/t18-,19?/m0/s1. The van der Waals surface area contributed by atoms with E-state index in [-0.39, 0.29) is 12.1 Å². The molecule has 2 aliphatic heterocycles. The number of fused-ring (bicyclic) bond motifs is 3. The van der Waals surface area contributed by atoms with Crippen LogP contribution in [-0.2, 0) is 12.7 Å². The molecule has 3 heterocycles. The third-order valence-corrected chi connectivity index (χ3v) is 6.99. The predicted molar refractivity (Wildman–Crippen MR) is 120 cm³/mol. The van der Waals surface area contributed by atoms with E-state index in [1.165, 1.54) is 19.4 Å². The van der Waals surface area contributed by atoms with Gasteiger partial charge in [0.05, 0.1) is 11.3 Å². The number of piperazine rings is 1. The molecule has 2 atom stereocenters. The Kier molecular flexibility index (Phi) is 5.00. The second-order valence-electron chi connectivity index (χ2n) is 8.94. The molecule has 2 saturated heterocycles. The molecule has 2 aromatic carbocycles. The van der Waals surface area contributed by atoms with Gasteiger partial charge in [-0.25, -0.2) is 0 Å². The number of hydrogen-bond acceptors (Lipinski definition) is 5. The third kappa shape index (κ3) is 3.56. The number of likely N-dealkylation sites (tertiary alicyclic amines) is 1. The Bertz CT molecular complexity index is 1170. The van der Waals surface area contributed by atoms with Crippen LogP contribution in [0.5, 0.6) is 0 Å². The van der Waals surface area contributed by atoms with E-state index in [1.807, 2.05) is 6.92 Å². The molecule has 168 valence electrons. The van der Waals surface area contributed by atoms with E-state index in [9.17, 15) is 13.2 Å². The van der Waals surface area contributed by atoms with Crippen LogP contribution in [0.4, 0.5) is 24.7 Å². The zero-order valence-corrected chi connectivity index (χ0v) is 18.4. The Balaban J connectivity index is 1.45. The molecule has 1 N–H and O–H groups in total. The van der Waals surface area contributed by atoms with Crippen molar-refractivity contribution in [1.29, 1.82) is 0 Å². The van der Waals surface area contributed by atoms with Gasteiger partial charge in [-0.05, 0) is 56.6 Å². The number of alkyl halides is 3. The number of hydrogen-bond donors (Lipinski definition) is 1. The van der Waals surface area contributed by atoms with Crippen LogP contribution in [0.1, 0.15) is 28.8 Å². The Morgan fingerprint density at radius 2 is 1.84 bits per heavy atom. The van der Waals surface area contributed by atoms with Gasteiger partial charge >= 0.3 is 6.18 Å². The van der Waals surface area contributed by atoms with E-state index >= 15 is 0 Å². The summed E-state index contributed by atoms with van der Waals surface area (Å²) in [5.41, 5.74) is 2.20. The predicted octanol–water partition coefficient (Wildman–Crippen LogP) is 4.77. The Morgan fingerprint density at radius 1 is 1.03 bits per heavy atom. The first-order valence-electron chi connectivity index (χ1n) is 10.9. The summed E-state index contributed by atoms with van der Waals surface area (Å²) in [5.74, 6) is 0.589. The lowest BCUT2D eigenvalue weighted by Gasteiger charge is -2.33. The highest BCUT2D eigenvalue weighted by Crippen LogP contribution is 2.37. The lowest BCUT2D eigenvalue weighted by molar-refractivity contribution is -0.138. The van der Waals surface area contributed by atoms with Gasteiger partial charge in [0.2, 0.25) is 0 Å². The fourth-order valence-corrected chi connectivity index (χ4v) is 5.13. The highest BCUT2D eigenvalue weighted by molar-refractivity contribution is 5.95. The van der Waals surface area contributed by atoms with Crippen LogP contribution in [0.15, 0.2) is 36.4 Å². The summed E-state index contributed by atoms with van der Waals surface area (Å²) in [6.07, 6.45) is -3.18. The molecule has 2 fully saturated rings. The smallest absolute Gasteiger partial charge is 0.366 e. The van der Waals surface area contributed by atoms with Crippen molar-refractivity contribution in [3.63, 3.8) is 0 Å². The molecule has 0 amide bonds. The van der Waals surface area contributed by atoms with Gasteiger partial charge in [0, 0.05) is 48.2 Å². The number of benzene rings is 2. The van der Waals surface area contributed by atoms with Crippen LogP contribution in [0.3, 0.4) is 0 Å². The van der Waals surface area contributed by atoms with Crippen molar-refractivity contribution in [3.05, 3.63) is 58.8 Å². The van der Waals surface area contributed by atoms with Crippen molar-refractivity contribution in [1.82, 2.24) is 15.1 Å². The van der Waals surface area contributed by atoms with Crippen molar-refractivity contribution < 1.29 is 13.2 Å². The molecule has 2 bridgehead atoms. The van der Waals surface area contributed by atoms with Gasteiger partial charge in [-0.1, -0.05) is 18.2 Å². The number of likely N-dealkylation sites (N-methyl/N-ethyl adjacent to an activating group) is 1. The normalized spacial score (nSPS) is 21.0. The summed E-state index contributed by atoms with van der Waals surface area (Å²) >= 11 is 0. The zero-order valence-electron chi connectivity index (χ0n) is 18.4. The Labute approximate surface area is 185 Å². The van der Waals surface area contributed by atoms with Crippen molar-refractivity contribution in [2.75, 3.05) is 30.4 Å². The largest absolute Gasteiger partial charge is 0.416 e. The third-order valence-electron chi connectivity index (χ3n) is 6.99. The Hall–Kier alpha value is -2.87. The monoisotopic (exact) mass is 441 g/mol. The minimum absolute atomic E-state index is 0.231. The highest BCUT2D eigenvalue weighted by Gasteiger charge is 2.41. The average Bonchev–Trinajstić information content (AvgIpc) is 3.33. The molecule has 1 unspecified atom stereocenters. The molecule has 0 spiro atoms. The molecule has 3 aromatic rings. The maximum absolute atomic E-state index is 13.3. The van der Waals surface area contributed by atoms with Crippen molar-refractivity contribution >= 4 is 22.3 Å². The molecular formula is C24H26F3N5. The zero-order chi connectivity index (χ0) is 22.6. The van der Waals surface area contributed by atoms with Gasteiger partial charge in [0.15, 0.2) is 5.82 Å². The second kappa shape index (κ2) is 7.62. The first-order chi connectivity index (χ1) is 15.2. The van der Waals surface area contributed by atoms with Crippen LogP contribution >= 0.6 is 0 Å². The van der Waals surface area contributed by atoms with Gasteiger partial charge in [0.1, 0.15) is 0 Å².